The van der Waals surface area contributed by atoms with Crippen LogP contribution in [-0.2, 0) is 19.3 Å². The summed E-state index contributed by atoms with van der Waals surface area (Å²) < 4.78 is 0. The van der Waals surface area contributed by atoms with Crippen LogP contribution in [0.3, 0.4) is 0 Å². The first kappa shape index (κ1) is 16.9. The number of para-hydroxylation sites is 1. The minimum absolute atomic E-state index is 0.353. The van der Waals surface area contributed by atoms with Gasteiger partial charge >= 0.3 is 0 Å². The van der Waals surface area contributed by atoms with Crippen LogP contribution in [-0.4, -0.2) is 9.97 Å². The molecule has 0 atom stereocenters. The van der Waals surface area contributed by atoms with Crippen LogP contribution in [0.5, 0.6) is 0 Å². The van der Waals surface area contributed by atoms with Crippen molar-refractivity contribution in [2.45, 2.75) is 46.5 Å². The largest absolute Gasteiger partial charge is 0.356 e. The number of hydrogen-bond donors (Lipinski definition) is 2. The number of fused-ring (bicyclic) bond motifs is 1. The van der Waals surface area contributed by atoms with Gasteiger partial charge in [0, 0.05) is 29.3 Å². The van der Waals surface area contributed by atoms with Gasteiger partial charge < -0.3 is 10.3 Å². The lowest BCUT2D eigenvalue weighted by Crippen LogP contribution is -2.22. The van der Waals surface area contributed by atoms with Gasteiger partial charge in [-0.2, -0.15) is 0 Å². The topological polar surface area (TPSA) is 40.7 Å². The molecule has 0 fully saturated rings. The van der Waals surface area contributed by atoms with Crippen LogP contribution in [0, 0.1) is 5.41 Å². The molecule has 0 saturated heterocycles. The van der Waals surface area contributed by atoms with Crippen molar-refractivity contribution in [1.29, 1.82) is 0 Å². The molecule has 2 aromatic heterocycles. The van der Waals surface area contributed by atoms with E-state index in [1.54, 1.807) is 0 Å². The van der Waals surface area contributed by atoms with Crippen molar-refractivity contribution in [3.8, 4) is 11.3 Å². The number of hydrogen-bond acceptors (Lipinski definition) is 2. The highest BCUT2D eigenvalue weighted by molar-refractivity contribution is 5.83. The molecule has 0 spiro atoms. The van der Waals surface area contributed by atoms with E-state index in [0.29, 0.717) is 5.41 Å². The number of nitrogens with zero attached hydrogens (tertiary/aromatic N) is 1. The van der Waals surface area contributed by atoms with Gasteiger partial charge in [-0.3, -0.25) is 4.98 Å². The maximum Gasteiger partial charge on any atom is 0.0699 e. The second-order valence-electron chi connectivity index (χ2n) is 8.04. The van der Waals surface area contributed by atoms with E-state index in [4.69, 9.17) is 0 Å². The lowest BCUT2D eigenvalue weighted by atomic mass is 9.76. The fourth-order valence-electron chi connectivity index (χ4n) is 4.01. The summed E-state index contributed by atoms with van der Waals surface area (Å²) in [6.07, 6.45) is 8.18. The number of H-pyrrole nitrogens is 1. The van der Waals surface area contributed by atoms with Gasteiger partial charge in [0.1, 0.15) is 0 Å². The Labute approximate surface area is 155 Å². The second-order valence-corrected chi connectivity index (χ2v) is 8.04. The van der Waals surface area contributed by atoms with Gasteiger partial charge in [0.15, 0.2) is 0 Å². The minimum atomic E-state index is 0.353. The summed E-state index contributed by atoms with van der Waals surface area (Å²) in [5.74, 6) is 0. The summed E-state index contributed by atoms with van der Waals surface area (Å²) >= 11 is 0. The standard InChI is InChI=1S/C23H27N3/c1-4-16-7-5-6-8-19(16)25-22-18-9-12-23(2,3)15-20(18)26-21(22)17-10-13-24-14-11-17/h5-8,10-11,13-14,25-26H,4,9,12,15H2,1-3H3. The van der Waals surface area contributed by atoms with E-state index in [1.807, 2.05) is 12.4 Å². The number of anilines is 2. The molecule has 1 aliphatic rings. The fourth-order valence-corrected chi connectivity index (χ4v) is 4.01. The number of aromatic nitrogens is 2. The lowest BCUT2D eigenvalue weighted by molar-refractivity contribution is 0.313. The molecular weight excluding hydrogens is 318 g/mol. The van der Waals surface area contributed by atoms with Crippen molar-refractivity contribution in [2.75, 3.05) is 5.32 Å². The van der Waals surface area contributed by atoms with Gasteiger partial charge in [-0.05, 0) is 60.4 Å². The zero-order chi connectivity index (χ0) is 18.1. The first-order valence-electron chi connectivity index (χ1n) is 9.56. The molecule has 0 unspecified atom stereocenters. The Bertz CT molecular complexity index is 906. The predicted molar refractivity (Wildman–Crippen MR) is 109 cm³/mol. The van der Waals surface area contributed by atoms with Crippen LogP contribution in [0.4, 0.5) is 11.4 Å². The van der Waals surface area contributed by atoms with Crippen LogP contribution in [0.25, 0.3) is 11.3 Å². The van der Waals surface area contributed by atoms with E-state index in [0.717, 1.165) is 19.3 Å². The number of rotatable bonds is 4. The molecule has 0 amide bonds. The Kier molecular flexibility index (Phi) is 4.31. The monoisotopic (exact) mass is 345 g/mol. The normalized spacial score (nSPS) is 15.5. The third-order valence-corrected chi connectivity index (χ3v) is 5.53. The zero-order valence-corrected chi connectivity index (χ0v) is 15.9. The number of pyridine rings is 1. The van der Waals surface area contributed by atoms with Crippen LogP contribution in [0.1, 0.15) is 44.0 Å². The number of nitrogens with one attached hydrogen (secondary N) is 2. The van der Waals surface area contributed by atoms with E-state index in [9.17, 15) is 0 Å². The summed E-state index contributed by atoms with van der Waals surface area (Å²) in [4.78, 5) is 7.92. The molecule has 0 bridgehead atoms. The lowest BCUT2D eigenvalue weighted by Gasteiger charge is -2.29. The summed E-state index contributed by atoms with van der Waals surface area (Å²) in [6, 6.07) is 12.8. The van der Waals surface area contributed by atoms with Gasteiger partial charge in [0.05, 0.1) is 11.4 Å². The molecule has 2 N–H and O–H groups in total. The van der Waals surface area contributed by atoms with Gasteiger partial charge in [-0.25, -0.2) is 0 Å². The van der Waals surface area contributed by atoms with E-state index < -0.39 is 0 Å². The maximum absolute atomic E-state index is 4.18. The predicted octanol–water partition coefficient (Wildman–Crippen LogP) is 5.90. The molecule has 26 heavy (non-hydrogen) atoms. The second kappa shape index (κ2) is 6.64. The smallest absolute Gasteiger partial charge is 0.0699 e. The highest BCUT2D eigenvalue weighted by atomic mass is 14.9. The molecule has 0 radical (unpaired) electrons. The Morgan fingerprint density at radius 3 is 2.65 bits per heavy atom. The van der Waals surface area contributed by atoms with E-state index >= 15 is 0 Å². The molecular formula is C23H27N3. The van der Waals surface area contributed by atoms with Crippen LogP contribution in [0.15, 0.2) is 48.8 Å². The maximum atomic E-state index is 4.18. The highest BCUT2D eigenvalue weighted by Crippen LogP contribution is 2.43. The van der Waals surface area contributed by atoms with Crippen molar-refractivity contribution < 1.29 is 0 Å². The van der Waals surface area contributed by atoms with Crippen molar-refractivity contribution in [1.82, 2.24) is 9.97 Å². The Hall–Kier alpha value is -2.55. The summed E-state index contributed by atoms with van der Waals surface area (Å²) in [5, 5.41) is 3.77. The quantitative estimate of drug-likeness (QED) is 0.618. The first-order valence-corrected chi connectivity index (χ1v) is 9.56. The van der Waals surface area contributed by atoms with E-state index in [2.05, 4.69) is 72.5 Å². The molecule has 3 heteroatoms. The summed E-state index contributed by atoms with van der Waals surface area (Å²) in [5.41, 5.74) is 9.33. The van der Waals surface area contributed by atoms with Gasteiger partial charge in [-0.15, -0.1) is 0 Å². The Morgan fingerprint density at radius 2 is 1.88 bits per heavy atom. The van der Waals surface area contributed by atoms with Crippen molar-refractivity contribution >= 4 is 11.4 Å². The molecule has 134 valence electrons. The van der Waals surface area contributed by atoms with Crippen molar-refractivity contribution in [3.63, 3.8) is 0 Å². The van der Waals surface area contributed by atoms with E-state index in [1.165, 1.54) is 45.9 Å². The molecule has 1 aromatic carbocycles. The molecule has 0 aliphatic heterocycles. The average molecular weight is 345 g/mol. The van der Waals surface area contributed by atoms with E-state index in [-0.39, 0.29) is 0 Å². The Balaban J connectivity index is 1.83. The third-order valence-electron chi connectivity index (χ3n) is 5.53. The molecule has 4 rings (SSSR count). The van der Waals surface area contributed by atoms with Crippen LogP contribution < -0.4 is 5.32 Å². The molecule has 0 saturated carbocycles. The average Bonchev–Trinajstić information content (AvgIpc) is 2.99. The van der Waals surface area contributed by atoms with Crippen molar-refractivity contribution in [3.05, 3.63) is 65.6 Å². The Morgan fingerprint density at radius 1 is 1.12 bits per heavy atom. The summed E-state index contributed by atoms with van der Waals surface area (Å²) in [6.45, 7) is 6.93. The minimum Gasteiger partial charge on any atom is -0.356 e. The van der Waals surface area contributed by atoms with Crippen LogP contribution >= 0.6 is 0 Å². The molecule has 1 aliphatic carbocycles. The highest BCUT2D eigenvalue weighted by Gasteiger charge is 2.30. The first-order chi connectivity index (χ1) is 12.6. The SMILES string of the molecule is CCc1ccccc1Nc1c(-c2ccncc2)[nH]c2c1CCC(C)(C)C2. The molecule has 3 aromatic rings. The summed E-state index contributed by atoms with van der Waals surface area (Å²) in [7, 11) is 0. The third kappa shape index (κ3) is 3.14. The van der Waals surface area contributed by atoms with Gasteiger partial charge in [0.2, 0.25) is 0 Å². The number of aromatic amines is 1. The van der Waals surface area contributed by atoms with Crippen molar-refractivity contribution in [2.24, 2.45) is 5.41 Å². The number of aryl methyl sites for hydroxylation is 1. The van der Waals surface area contributed by atoms with Gasteiger partial charge in [0.25, 0.3) is 0 Å². The van der Waals surface area contributed by atoms with Gasteiger partial charge in [-0.1, -0.05) is 39.0 Å². The molecule has 2 heterocycles. The van der Waals surface area contributed by atoms with Crippen LogP contribution in [0.2, 0.25) is 0 Å². The number of benzene rings is 1. The zero-order valence-electron chi connectivity index (χ0n) is 15.9. The fraction of sp³-hybridized carbons (Fsp3) is 0.348. The molecule has 3 nitrogen and oxygen atoms in total.